The fourth-order valence-electron chi connectivity index (χ4n) is 3.98. The SMILES string of the molecule is CCOC(=O)C1=C(C)NC(C)=C(C(=O)OC)C1c1cn(-c2ccc([N+](=O)[O-])cc2)nc1C(=O)OCC. The summed E-state index contributed by atoms with van der Waals surface area (Å²) in [6.07, 6.45) is 1.48. The van der Waals surface area contributed by atoms with Crippen LogP contribution in [0.3, 0.4) is 0 Å². The molecule has 1 unspecified atom stereocenters. The number of rotatable bonds is 8. The lowest BCUT2D eigenvalue weighted by molar-refractivity contribution is -0.384. The molecule has 2 heterocycles. The van der Waals surface area contributed by atoms with Crippen LogP contribution in [0.1, 0.15) is 49.7 Å². The molecule has 1 atom stereocenters. The van der Waals surface area contributed by atoms with Gasteiger partial charge in [0.15, 0.2) is 5.69 Å². The number of aromatic nitrogens is 2. The summed E-state index contributed by atoms with van der Waals surface area (Å²) < 4.78 is 16.8. The van der Waals surface area contributed by atoms with Crippen molar-refractivity contribution in [1.82, 2.24) is 15.1 Å². The molecule has 1 aromatic heterocycles. The van der Waals surface area contributed by atoms with Gasteiger partial charge in [-0.15, -0.1) is 0 Å². The number of esters is 3. The lowest BCUT2D eigenvalue weighted by atomic mass is 9.80. The van der Waals surface area contributed by atoms with Crippen molar-refractivity contribution in [2.45, 2.75) is 33.6 Å². The van der Waals surface area contributed by atoms with Gasteiger partial charge in [-0.3, -0.25) is 10.1 Å². The van der Waals surface area contributed by atoms with E-state index in [-0.39, 0.29) is 41.3 Å². The minimum absolute atomic E-state index is 0.0627. The number of ether oxygens (including phenoxy) is 3. The average molecular weight is 498 g/mol. The van der Waals surface area contributed by atoms with E-state index >= 15 is 0 Å². The van der Waals surface area contributed by atoms with E-state index in [1.807, 2.05) is 0 Å². The molecule has 0 saturated heterocycles. The van der Waals surface area contributed by atoms with Gasteiger partial charge in [0.2, 0.25) is 0 Å². The van der Waals surface area contributed by atoms with Gasteiger partial charge in [-0.2, -0.15) is 5.10 Å². The van der Waals surface area contributed by atoms with Gasteiger partial charge in [0.25, 0.3) is 5.69 Å². The van der Waals surface area contributed by atoms with Crippen LogP contribution in [-0.2, 0) is 23.8 Å². The molecule has 12 heteroatoms. The molecule has 190 valence electrons. The van der Waals surface area contributed by atoms with Crippen molar-refractivity contribution in [3.8, 4) is 5.69 Å². The maximum atomic E-state index is 13.0. The molecule has 36 heavy (non-hydrogen) atoms. The van der Waals surface area contributed by atoms with Crippen molar-refractivity contribution in [2.75, 3.05) is 20.3 Å². The van der Waals surface area contributed by atoms with Crippen LogP contribution < -0.4 is 5.32 Å². The van der Waals surface area contributed by atoms with E-state index in [0.717, 1.165) is 0 Å². The number of methoxy groups -OCH3 is 1. The smallest absolute Gasteiger partial charge is 0.359 e. The van der Waals surface area contributed by atoms with Crippen molar-refractivity contribution >= 4 is 23.6 Å². The Morgan fingerprint density at radius 2 is 1.56 bits per heavy atom. The molecule has 0 amide bonds. The third kappa shape index (κ3) is 4.97. The first kappa shape index (κ1) is 26.1. The first-order valence-electron chi connectivity index (χ1n) is 11.1. The number of benzene rings is 1. The molecule has 0 spiro atoms. The minimum Gasteiger partial charge on any atom is -0.466 e. The number of allylic oxidation sites excluding steroid dienone is 2. The molecule has 12 nitrogen and oxygen atoms in total. The largest absolute Gasteiger partial charge is 0.466 e. The molecule has 0 bridgehead atoms. The van der Waals surface area contributed by atoms with Gasteiger partial charge in [0.1, 0.15) is 0 Å². The zero-order chi connectivity index (χ0) is 26.6. The third-order valence-electron chi connectivity index (χ3n) is 5.51. The maximum absolute atomic E-state index is 13.0. The molecule has 1 aliphatic rings. The van der Waals surface area contributed by atoms with Crippen LogP contribution in [0.2, 0.25) is 0 Å². The van der Waals surface area contributed by atoms with Gasteiger partial charge in [0, 0.05) is 35.3 Å². The number of hydrogen-bond donors (Lipinski definition) is 1. The summed E-state index contributed by atoms with van der Waals surface area (Å²) in [6, 6.07) is 5.51. The minimum atomic E-state index is -1.07. The predicted molar refractivity (Wildman–Crippen MR) is 126 cm³/mol. The Kier molecular flexibility index (Phi) is 7.87. The van der Waals surface area contributed by atoms with Crippen LogP contribution >= 0.6 is 0 Å². The van der Waals surface area contributed by atoms with Crippen LogP contribution in [0.15, 0.2) is 53.0 Å². The van der Waals surface area contributed by atoms with Gasteiger partial charge in [0.05, 0.1) is 48.0 Å². The summed E-state index contributed by atoms with van der Waals surface area (Å²) in [4.78, 5) is 49.4. The molecule has 1 aromatic carbocycles. The van der Waals surface area contributed by atoms with Crippen LogP contribution in [0.4, 0.5) is 5.69 Å². The fourth-order valence-corrected chi connectivity index (χ4v) is 3.98. The highest BCUT2D eigenvalue weighted by Gasteiger charge is 2.41. The second-order valence-corrected chi connectivity index (χ2v) is 7.72. The Balaban J connectivity index is 2.29. The van der Waals surface area contributed by atoms with Gasteiger partial charge < -0.3 is 19.5 Å². The van der Waals surface area contributed by atoms with Crippen molar-refractivity contribution in [3.63, 3.8) is 0 Å². The molecule has 1 N–H and O–H groups in total. The Morgan fingerprint density at radius 3 is 2.08 bits per heavy atom. The van der Waals surface area contributed by atoms with Gasteiger partial charge in [-0.25, -0.2) is 19.1 Å². The van der Waals surface area contributed by atoms with E-state index in [0.29, 0.717) is 17.1 Å². The molecule has 0 fully saturated rings. The number of dihydropyridines is 1. The van der Waals surface area contributed by atoms with E-state index in [4.69, 9.17) is 14.2 Å². The molecule has 1 aliphatic heterocycles. The number of carbonyl (C=O) groups is 3. The molecule has 2 aromatic rings. The molecule has 0 aliphatic carbocycles. The topological polar surface area (TPSA) is 152 Å². The van der Waals surface area contributed by atoms with Gasteiger partial charge in [-0.05, 0) is 39.8 Å². The van der Waals surface area contributed by atoms with Crippen LogP contribution in [0.25, 0.3) is 5.69 Å². The Morgan fingerprint density at radius 1 is 1.00 bits per heavy atom. The van der Waals surface area contributed by atoms with Crippen LogP contribution in [0, 0.1) is 10.1 Å². The predicted octanol–water partition coefficient (Wildman–Crippen LogP) is 2.93. The number of hydrogen-bond acceptors (Lipinski definition) is 10. The number of nitro benzene ring substituents is 1. The summed E-state index contributed by atoms with van der Waals surface area (Å²) in [5.41, 5.74) is 1.42. The van der Waals surface area contributed by atoms with Crippen molar-refractivity contribution in [1.29, 1.82) is 0 Å². The molecular weight excluding hydrogens is 472 g/mol. The second kappa shape index (κ2) is 10.8. The Bertz CT molecular complexity index is 1270. The summed E-state index contributed by atoms with van der Waals surface area (Å²) in [5, 5.41) is 18.4. The van der Waals surface area contributed by atoms with Gasteiger partial charge in [-0.1, -0.05) is 0 Å². The number of nitro groups is 1. The van der Waals surface area contributed by atoms with Crippen molar-refractivity contribution in [3.05, 3.63) is 74.4 Å². The van der Waals surface area contributed by atoms with Crippen LogP contribution in [0.5, 0.6) is 0 Å². The van der Waals surface area contributed by atoms with Crippen molar-refractivity contribution in [2.24, 2.45) is 0 Å². The quantitative estimate of drug-likeness (QED) is 0.249. The van der Waals surface area contributed by atoms with E-state index < -0.39 is 28.7 Å². The number of nitrogens with one attached hydrogen (secondary N) is 1. The third-order valence-corrected chi connectivity index (χ3v) is 5.51. The van der Waals surface area contributed by atoms with Gasteiger partial charge >= 0.3 is 17.9 Å². The van der Waals surface area contributed by atoms with E-state index in [1.165, 1.54) is 42.3 Å². The number of non-ortho nitro benzene ring substituents is 1. The average Bonchev–Trinajstić information content (AvgIpc) is 3.28. The first-order chi connectivity index (χ1) is 17.1. The first-order valence-corrected chi connectivity index (χ1v) is 11.1. The monoisotopic (exact) mass is 498 g/mol. The molecule has 3 rings (SSSR count). The van der Waals surface area contributed by atoms with Crippen LogP contribution in [-0.4, -0.2) is 52.9 Å². The Labute approximate surface area is 206 Å². The van der Waals surface area contributed by atoms with E-state index in [2.05, 4.69) is 10.4 Å². The summed E-state index contributed by atoms with van der Waals surface area (Å²) in [5.74, 6) is -3.23. The Hall–Kier alpha value is -4.48. The highest BCUT2D eigenvalue weighted by atomic mass is 16.6. The highest BCUT2D eigenvalue weighted by Crippen LogP contribution is 2.41. The normalized spacial score (nSPS) is 15.3. The number of nitrogens with zero attached hydrogens (tertiary/aromatic N) is 3. The summed E-state index contributed by atoms with van der Waals surface area (Å²) in [7, 11) is 1.21. The molecular formula is C24H26N4O8. The highest BCUT2D eigenvalue weighted by molar-refractivity contribution is 6.01. The second-order valence-electron chi connectivity index (χ2n) is 7.72. The van der Waals surface area contributed by atoms with Crippen molar-refractivity contribution < 1.29 is 33.5 Å². The lowest BCUT2D eigenvalue weighted by Crippen LogP contribution is -2.32. The van der Waals surface area contributed by atoms with E-state index in [9.17, 15) is 24.5 Å². The zero-order valence-electron chi connectivity index (χ0n) is 20.5. The lowest BCUT2D eigenvalue weighted by Gasteiger charge is -2.29. The molecule has 0 saturated carbocycles. The maximum Gasteiger partial charge on any atom is 0.359 e. The zero-order valence-corrected chi connectivity index (χ0v) is 20.5. The summed E-state index contributed by atoms with van der Waals surface area (Å²) >= 11 is 0. The molecule has 0 radical (unpaired) electrons. The standard InChI is InChI=1S/C24H26N4O8/c1-6-35-23(30)19-14(4)25-13(3)18(22(29)34-5)20(19)17-12-27(26-21(17)24(31)36-7-2)15-8-10-16(11-9-15)28(32)33/h8-12,20,25H,6-7H2,1-5H3. The summed E-state index contributed by atoms with van der Waals surface area (Å²) in [6.45, 7) is 6.74. The number of carbonyl (C=O) groups excluding carboxylic acids is 3. The fraction of sp³-hybridized carbons (Fsp3) is 0.333. The van der Waals surface area contributed by atoms with E-state index in [1.54, 1.807) is 27.7 Å².